The van der Waals surface area contributed by atoms with Crippen molar-refractivity contribution >= 4 is 11.6 Å². The van der Waals surface area contributed by atoms with Gasteiger partial charge in [-0.2, -0.15) is 5.10 Å². The molecule has 1 aliphatic carbocycles. The molecule has 1 fully saturated rings. The van der Waals surface area contributed by atoms with Crippen LogP contribution in [0.3, 0.4) is 0 Å². The van der Waals surface area contributed by atoms with E-state index in [0.717, 1.165) is 30.7 Å². The van der Waals surface area contributed by atoms with Crippen molar-refractivity contribution in [3.63, 3.8) is 0 Å². The number of amides is 1. The third kappa shape index (κ3) is 3.55. The van der Waals surface area contributed by atoms with Gasteiger partial charge in [0.05, 0.1) is 23.6 Å². The van der Waals surface area contributed by atoms with Crippen molar-refractivity contribution in [3.05, 3.63) is 41.7 Å². The highest BCUT2D eigenvalue weighted by atomic mass is 19.2. The predicted molar refractivity (Wildman–Crippen MR) is 85.0 cm³/mol. The minimum Gasteiger partial charge on any atom is -0.484 e. The Morgan fingerprint density at radius 1 is 1.33 bits per heavy atom. The van der Waals surface area contributed by atoms with Crippen LogP contribution in [0, 0.1) is 18.6 Å². The van der Waals surface area contributed by atoms with Crippen LogP contribution in [0.4, 0.5) is 14.5 Å². The van der Waals surface area contributed by atoms with E-state index in [-0.39, 0.29) is 18.3 Å². The van der Waals surface area contributed by atoms with Gasteiger partial charge in [0, 0.05) is 6.07 Å². The van der Waals surface area contributed by atoms with Crippen LogP contribution in [0.15, 0.2) is 24.4 Å². The van der Waals surface area contributed by atoms with E-state index < -0.39 is 11.6 Å². The molecule has 0 unspecified atom stereocenters. The van der Waals surface area contributed by atoms with Gasteiger partial charge in [0.25, 0.3) is 5.91 Å². The fourth-order valence-electron chi connectivity index (χ4n) is 2.96. The van der Waals surface area contributed by atoms with Gasteiger partial charge in [-0.15, -0.1) is 0 Å². The van der Waals surface area contributed by atoms with E-state index >= 15 is 0 Å². The monoisotopic (exact) mass is 335 g/mol. The van der Waals surface area contributed by atoms with Gasteiger partial charge >= 0.3 is 0 Å². The molecule has 0 atom stereocenters. The summed E-state index contributed by atoms with van der Waals surface area (Å²) in [5, 5.41) is 7.10. The standard InChI is InChI=1S/C17H19F2N3O2/c1-11-16(9-20-22(11)12-4-2-3-5-12)21-17(23)10-24-13-6-7-14(18)15(19)8-13/h6-9,12H,2-5,10H2,1H3,(H,21,23). The van der Waals surface area contributed by atoms with Gasteiger partial charge in [0.2, 0.25) is 0 Å². The summed E-state index contributed by atoms with van der Waals surface area (Å²) in [5.41, 5.74) is 1.55. The first kappa shape index (κ1) is 16.4. The lowest BCUT2D eigenvalue weighted by Crippen LogP contribution is -2.20. The maximum absolute atomic E-state index is 13.1. The van der Waals surface area contributed by atoms with Crippen molar-refractivity contribution in [2.45, 2.75) is 38.6 Å². The van der Waals surface area contributed by atoms with Crippen molar-refractivity contribution in [1.82, 2.24) is 9.78 Å². The van der Waals surface area contributed by atoms with Crippen LogP contribution in [-0.4, -0.2) is 22.3 Å². The molecule has 0 spiro atoms. The molecule has 1 heterocycles. The van der Waals surface area contributed by atoms with Crippen LogP contribution in [0.2, 0.25) is 0 Å². The summed E-state index contributed by atoms with van der Waals surface area (Å²) in [6.45, 7) is 1.62. The summed E-state index contributed by atoms with van der Waals surface area (Å²) in [6, 6.07) is 3.54. The molecule has 0 aliphatic heterocycles. The van der Waals surface area contributed by atoms with Crippen LogP contribution in [-0.2, 0) is 4.79 Å². The number of rotatable bonds is 5. The Labute approximate surface area is 138 Å². The number of ether oxygens (including phenoxy) is 1. The van der Waals surface area contributed by atoms with E-state index in [1.807, 2.05) is 11.6 Å². The highest BCUT2D eigenvalue weighted by Gasteiger charge is 2.21. The molecule has 1 aromatic heterocycles. The third-order valence-corrected chi connectivity index (χ3v) is 4.25. The lowest BCUT2D eigenvalue weighted by atomic mass is 10.2. The summed E-state index contributed by atoms with van der Waals surface area (Å²) < 4.78 is 33.1. The van der Waals surface area contributed by atoms with Crippen LogP contribution < -0.4 is 10.1 Å². The third-order valence-electron chi connectivity index (χ3n) is 4.25. The number of anilines is 1. The summed E-state index contributed by atoms with van der Waals surface area (Å²) in [5.74, 6) is -2.25. The molecule has 0 radical (unpaired) electrons. The maximum atomic E-state index is 13.1. The second-order valence-electron chi connectivity index (χ2n) is 5.94. The Hall–Kier alpha value is -2.44. The van der Waals surface area contributed by atoms with Gasteiger partial charge in [0.1, 0.15) is 5.75 Å². The summed E-state index contributed by atoms with van der Waals surface area (Å²) >= 11 is 0. The minimum absolute atomic E-state index is 0.0995. The van der Waals surface area contributed by atoms with Crippen LogP contribution in [0.1, 0.15) is 37.4 Å². The second-order valence-corrected chi connectivity index (χ2v) is 5.94. The van der Waals surface area contributed by atoms with Crippen molar-refractivity contribution in [2.75, 3.05) is 11.9 Å². The highest BCUT2D eigenvalue weighted by molar-refractivity contribution is 5.92. The van der Waals surface area contributed by atoms with E-state index in [0.29, 0.717) is 11.7 Å². The first-order chi connectivity index (χ1) is 11.5. The molecular weight excluding hydrogens is 316 g/mol. The minimum atomic E-state index is -1.01. The van der Waals surface area contributed by atoms with E-state index in [1.54, 1.807) is 6.20 Å². The zero-order valence-corrected chi connectivity index (χ0v) is 13.4. The predicted octanol–water partition coefficient (Wildman–Crippen LogP) is 3.60. The lowest BCUT2D eigenvalue weighted by molar-refractivity contribution is -0.118. The zero-order chi connectivity index (χ0) is 17.1. The molecule has 0 saturated heterocycles. The number of carbonyl (C=O) groups excluding carboxylic acids is 1. The number of nitrogens with one attached hydrogen (secondary N) is 1. The van der Waals surface area contributed by atoms with Crippen LogP contribution >= 0.6 is 0 Å². The second kappa shape index (κ2) is 6.98. The number of carbonyl (C=O) groups is 1. The van der Waals surface area contributed by atoms with E-state index in [2.05, 4.69) is 10.4 Å². The smallest absolute Gasteiger partial charge is 0.262 e. The van der Waals surface area contributed by atoms with Crippen LogP contribution in [0.5, 0.6) is 5.75 Å². The number of hydrogen-bond acceptors (Lipinski definition) is 3. The Morgan fingerprint density at radius 3 is 2.79 bits per heavy atom. The highest BCUT2D eigenvalue weighted by Crippen LogP contribution is 2.31. The molecule has 7 heteroatoms. The van der Waals surface area contributed by atoms with Crippen molar-refractivity contribution in [2.24, 2.45) is 0 Å². The van der Waals surface area contributed by atoms with Gasteiger partial charge in [-0.25, -0.2) is 8.78 Å². The molecule has 2 aromatic rings. The number of aromatic nitrogens is 2. The molecule has 1 saturated carbocycles. The molecule has 0 bridgehead atoms. The quantitative estimate of drug-likeness (QED) is 0.908. The average molecular weight is 335 g/mol. The van der Waals surface area contributed by atoms with Crippen molar-refractivity contribution < 1.29 is 18.3 Å². The number of halogens is 2. The number of hydrogen-bond donors (Lipinski definition) is 1. The molecular formula is C17H19F2N3O2. The van der Waals surface area contributed by atoms with Crippen molar-refractivity contribution in [3.8, 4) is 5.75 Å². The zero-order valence-electron chi connectivity index (χ0n) is 13.4. The van der Waals surface area contributed by atoms with E-state index in [1.165, 1.54) is 18.9 Å². The molecule has 3 rings (SSSR count). The Bertz CT molecular complexity index is 739. The van der Waals surface area contributed by atoms with Crippen LogP contribution in [0.25, 0.3) is 0 Å². The molecule has 1 N–H and O–H groups in total. The molecule has 128 valence electrons. The summed E-state index contributed by atoms with van der Waals surface area (Å²) in [6.07, 6.45) is 6.24. The Kier molecular flexibility index (Phi) is 4.78. The first-order valence-corrected chi connectivity index (χ1v) is 7.96. The van der Waals surface area contributed by atoms with Gasteiger partial charge in [0.15, 0.2) is 18.2 Å². The van der Waals surface area contributed by atoms with Crippen molar-refractivity contribution in [1.29, 1.82) is 0 Å². The Morgan fingerprint density at radius 2 is 2.08 bits per heavy atom. The number of benzene rings is 1. The summed E-state index contributed by atoms with van der Waals surface area (Å²) in [7, 11) is 0. The fraction of sp³-hybridized carbons (Fsp3) is 0.412. The van der Waals surface area contributed by atoms with Gasteiger partial charge in [-0.1, -0.05) is 12.8 Å². The first-order valence-electron chi connectivity index (χ1n) is 7.96. The van der Waals surface area contributed by atoms with Gasteiger partial charge < -0.3 is 10.1 Å². The molecule has 1 amide bonds. The normalized spacial score (nSPS) is 14.8. The number of nitrogens with zero attached hydrogens (tertiary/aromatic N) is 2. The van der Waals surface area contributed by atoms with Gasteiger partial charge in [-0.3, -0.25) is 9.48 Å². The SMILES string of the molecule is Cc1c(NC(=O)COc2ccc(F)c(F)c2)cnn1C1CCCC1. The van der Waals surface area contributed by atoms with E-state index in [9.17, 15) is 13.6 Å². The average Bonchev–Trinajstić information content (AvgIpc) is 3.19. The lowest BCUT2D eigenvalue weighted by Gasteiger charge is -2.13. The molecule has 1 aromatic carbocycles. The molecule has 1 aliphatic rings. The topological polar surface area (TPSA) is 56.1 Å². The fourth-order valence-corrected chi connectivity index (χ4v) is 2.96. The molecule has 5 nitrogen and oxygen atoms in total. The molecule has 24 heavy (non-hydrogen) atoms. The maximum Gasteiger partial charge on any atom is 0.262 e. The summed E-state index contributed by atoms with van der Waals surface area (Å²) in [4.78, 5) is 12.0. The van der Waals surface area contributed by atoms with Gasteiger partial charge in [-0.05, 0) is 31.9 Å². The Balaban J connectivity index is 1.57. The van der Waals surface area contributed by atoms with E-state index in [4.69, 9.17) is 4.74 Å². The largest absolute Gasteiger partial charge is 0.484 e.